The highest BCUT2D eigenvalue weighted by atomic mass is 16.5. The summed E-state index contributed by atoms with van der Waals surface area (Å²) >= 11 is 0. The lowest BCUT2D eigenvalue weighted by Gasteiger charge is -2.18. The molecule has 1 atom stereocenters. The van der Waals surface area contributed by atoms with Crippen molar-refractivity contribution in [3.63, 3.8) is 0 Å². The van der Waals surface area contributed by atoms with Crippen LogP contribution in [0.4, 0.5) is 0 Å². The summed E-state index contributed by atoms with van der Waals surface area (Å²) in [5.74, 6) is 2.46. The molecule has 1 saturated heterocycles. The van der Waals surface area contributed by atoms with Gasteiger partial charge >= 0.3 is 0 Å². The Balaban J connectivity index is 1.47. The average Bonchev–Trinajstić information content (AvgIpc) is 3.38. The van der Waals surface area contributed by atoms with E-state index in [1.807, 2.05) is 56.0 Å². The minimum Gasteiger partial charge on any atom is -0.490 e. The van der Waals surface area contributed by atoms with Crippen molar-refractivity contribution in [2.45, 2.75) is 46.6 Å². The number of hydrogen-bond acceptors (Lipinski definition) is 6. The van der Waals surface area contributed by atoms with E-state index < -0.39 is 0 Å². The molecule has 1 unspecified atom stereocenters. The van der Waals surface area contributed by atoms with Crippen molar-refractivity contribution in [1.82, 2.24) is 15.0 Å². The van der Waals surface area contributed by atoms with Gasteiger partial charge in [0.15, 0.2) is 11.5 Å². The zero-order chi connectivity index (χ0) is 22.7. The molecule has 32 heavy (non-hydrogen) atoms. The van der Waals surface area contributed by atoms with Crippen LogP contribution in [0.15, 0.2) is 40.9 Å². The van der Waals surface area contributed by atoms with E-state index in [1.165, 1.54) is 5.56 Å². The maximum atomic E-state index is 12.7. The molecule has 7 heteroatoms. The molecule has 3 aromatic rings. The van der Waals surface area contributed by atoms with E-state index in [0.717, 1.165) is 16.7 Å². The predicted octanol–water partition coefficient (Wildman–Crippen LogP) is 4.67. The van der Waals surface area contributed by atoms with Crippen LogP contribution in [0.2, 0.25) is 0 Å². The van der Waals surface area contributed by atoms with Crippen LogP contribution in [0.3, 0.4) is 0 Å². The van der Waals surface area contributed by atoms with E-state index in [0.29, 0.717) is 55.9 Å². The maximum absolute atomic E-state index is 12.7. The van der Waals surface area contributed by atoms with Crippen molar-refractivity contribution >= 4 is 5.91 Å². The zero-order valence-corrected chi connectivity index (χ0v) is 19.1. The number of likely N-dealkylation sites (tertiary alicyclic amines) is 1. The molecule has 0 spiro atoms. The highest BCUT2D eigenvalue weighted by Gasteiger charge is 2.34. The Hall–Kier alpha value is -3.35. The van der Waals surface area contributed by atoms with Gasteiger partial charge in [0.2, 0.25) is 17.6 Å². The summed E-state index contributed by atoms with van der Waals surface area (Å²) in [5, 5.41) is 4.17. The fourth-order valence-electron chi connectivity index (χ4n) is 4.08. The monoisotopic (exact) mass is 435 g/mol. The Morgan fingerprint density at radius 2 is 1.84 bits per heavy atom. The molecule has 2 heterocycles. The summed E-state index contributed by atoms with van der Waals surface area (Å²) < 4.78 is 16.9. The first-order valence-electron chi connectivity index (χ1n) is 11.1. The normalized spacial score (nSPS) is 15.9. The van der Waals surface area contributed by atoms with Gasteiger partial charge in [-0.25, -0.2) is 0 Å². The molecular formula is C25H29N3O4. The lowest BCUT2D eigenvalue weighted by molar-refractivity contribution is -0.128. The summed E-state index contributed by atoms with van der Waals surface area (Å²) in [6.07, 6.45) is 0.365. The molecule has 2 aromatic carbocycles. The molecule has 0 saturated carbocycles. The average molecular weight is 436 g/mol. The standard InChI is InChI=1S/C25H29N3O4/c1-5-30-21-10-8-18(12-22(21)31-6-2)14-28-15-19(13-23(28)29)25-26-24(27-32-25)20-9-7-16(3)11-17(20)4/h7-12,19H,5-6,13-15H2,1-4H3. The number of hydrogen-bond donors (Lipinski definition) is 0. The topological polar surface area (TPSA) is 77.7 Å². The van der Waals surface area contributed by atoms with Gasteiger partial charge in [0.05, 0.1) is 19.1 Å². The van der Waals surface area contributed by atoms with E-state index in [9.17, 15) is 4.79 Å². The second-order valence-corrected chi connectivity index (χ2v) is 8.10. The molecule has 0 N–H and O–H groups in total. The summed E-state index contributed by atoms with van der Waals surface area (Å²) in [7, 11) is 0. The minimum absolute atomic E-state index is 0.0770. The smallest absolute Gasteiger partial charge is 0.232 e. The number of benzene rings is 2. The van der Waals surface area contributed by atoms with Crippen molar-refractivity contribution in [3.05, 3.63) is 59.0 Å². The van der Waals surface area contributed by atoms with Gasteiger partial charge in [-0.2, -0.15) is 4.98 Å². The van der Waals surface area contributed by atoms with Crippen molar-refractivity contribution in [1.29, 1.82) is 0 Å². The van der Waals surface area contributed by atoms with Crippen LogP contribution in [0.25, 0.3) is 11.4 Å². The lowest BCUT2D eigenvalue weighted by atomic mass is 10.1. The largest absolute Gasteiger partial charge is 0.490 e. The molecule has 1 aromatic heterocycles. The van der Waals surface area contributed by atoms with E-state index >= 15 is 0 Å². The highest BCUT2D eigenvalue weighted by molar-refractivity contribution is 5.79. The second-order valence-electron chi connectivity index (χ2n) is 8.10. The fourth-order valence-corrected chi connectivity index (χ4v) is 4.08. The van der Waals surface area contributed by atoms with Gasteiger partial charge in [0.25, 0.3) is 0 Å². The Morgan fingerprint density at radius 1 is 1.06 bits per heavy atom. The zero-order valence-electron chi connectivity index (χ0n) is 19.1. The van der Waals surface area contributed by atoms with Crippen LogP contribution in [-0.2, 0) is 11.3 Å². The Labute approximate surface area is 188 Å². The van der Waals surface area contributed by atoms with Crippen LogP contribution in [0.1, 0.15) is 48.8 Å². The molecule has 0 bridgehead atoms. The van der Waals surface area contributed by atoms with E-state index in [4.69, 9.17) is 14.0 Å². The quantitative estimate of drug-likeness (QED) is 0.512. The van der Waals surface area contributed by atoms with Gasteiger partial charge in [-0.1, -0.05) is 35.0 Å². The number of carbonyl (C=O) groups is 1. The third kappa shape index (κ3) is 4.61. The van der Waals surface area contributed by atoms with Crippen LogP contribution in [0.5, 0.6) is 11.5 Å². The van der Waals surface area contributed by atoms with Crippen molar-refractivity contribution in [2.75, 3.05) is 19.8 Å². The summed E-state index contributed by atoms with van der Waals surface area (Å²) in [6.45, 7) is 10.1. The number of rotatable bonds is 8. The third-order valence-electron chi connectivity index (χ3n) is 5.61. The SMILES string of the molecule is CCOc1ccc(CN2CC(c3nc(-c4ccc(C)cc4C)no3)CC2=O)cc1OCC. The number of aryl methyl sites for hydroxylation is 2. The number of carbonyl (C=O) groups excluding carboxylic acids is 1. The van der Waals surface area contributed by atoms with Crippen molar-refractivity contribution < 1.29 is 18.8 Å². The van der Waals surface area contributed by atoms with Crippen LogP contribution in [0, 0.1) is 13.8 Å². The molecule has 1 aliphatic rings. The Morgan fingerprint density at radius 3 is 2.59 bits per heavy atom. The van der Waals surface area contributed by atoms with E-state index in [2.05, 4.69) is 23.1 Å². The predicted molar refractivity (Wildman–Crippen MR) is 121 cm³/mol. The Bertz CT molecular complexity index is 1110. The van der Waals surface area contributed by atoms with Crippen LogP contribution >= 0.6 is 0 Å². The van der Waals surface area contributed by atoms with Crippen LogP contribution in [-0.4, -0.2) is 40.7 Å². The highest BCUT2D eigenvalue weighted by Crippen LogP contribution is 2.33. The van der Waals surface area contributed by atoms with Gasteiger partial charge in [-0.15, -0.1) is 0 Å². The number of amides is 1. The lowest BCUT2D eigenvalue weighted by Crippen LogP contribution is -2.24. The summed E-state index contributed by atoms with van der Waals surface area (Å²) in [5.41, 5.74) is 4.23. The first-order chi connectivity index (χ1) is 15.5. The Kier molecular flexibility index (Phi) is 6.44. The van der Waals surface area contributed by atoms with Gasteiger partial charge < -0.3 is 18.9 Å². The molecule has 1 fully saturated rings. The molecule has 1 amide bonds. The first kappa shape index (κ1) is 21.9. The molecule has 4 rings (SSSR count). The summed E-state index contributed by atoms with van der Waals surface area (Å²) in [6, 6.07) is 12.0. The third-order valence-corrected chi connectivity index (χ3v) is 5.61. The number of nitrogens with zero attached hydrogens (tertiary/aromatic N) is 3. The molecular weight excluding hydrogens is 406 g/mol. The van der Waals surface area contributed by atoms with Crippen molar-refractivity contribution in [3.8, 4) is 22.9 Å². The van der Waals surface area contributed by atoms with Crippen LogP contribution < -0.4 is 9.47 Å². The van der Waals surface area contributed by atoms with Gasteiger partial charge in [0.1, 0.15) is 0 Å². The maximum Gasteiger partial charge on any atom is 0.232 e. The molecule has 7 nitrogen and oxygen atoms in total. The summed E-state index contributed by atoms with van der Waals surface area (Å²) in [4.78, 5) is 19.1. The van der Waals surface area contributed by atoms with Gasteiger partial charge in [-0.05, 0) is 51.0 Å². The minimum atomic E-state index is -0.108. The molecule has 0 radical (unpaired) electrons. The van der Waals surface area contributed by atoms with Gasteiger partial charge in [0, 0.05) is 25.1 Å². The second kappa shape index (κ2) is 9.42. The van der Waals surface area contributed by atoms with Crippen molar-refractivity contribution in [2.24, 2.45) is 0 Å². The molecule has 0 aliphatic carbocycles. The van der Waals surface area contributed by atoms with Gasteiger partial charge in [-0.3, -0.25) is 4.79 Å². The van der Waals surface area contributed by atoms with E-state index in [-0.39, 0.29) is 11.8 Å². The first-order valence-corrected chi connectivity index (χ1v) is 11.1. The fraction of sp³-hybridized carbons (Fsp3) is 0.400. The number of ether oxygens (including phenoxy) is 2. The molecule has 168 valence electrons. The van der Waals surface area contributed by atoms with E-state index in [1.54, 1.807) is 0 Å². The molecule has 1 aliphatic heterocycles. The number of aromatic nitrogens is 2.